The van der Waals surface area contributed by atoms with Gasteiger partial charge in [-0.3, -0.25) is 0 Å². The number of benzene rings is 1. The Morgan fingerprint density at radius 3 is 2.81 bits per heavy atom. The standard InChI is InChI=1S/C13H16FN3O2S2/c1-2-15-6-10-3-4-11(14)5-13(10)21(18,19)17-7-12-8-20-9-16-12/h3-5,8-9,15,17H,2,6-7H2,1H3. The molecule has 0 aliphatic carbocycles. The Labute approximate surface area is 127 Å². The van der Waals surface area contributed by atoms with Crippen molar-refractivity contribution in [3.8, 4) is 0 Å². The maximum absolute atomic E-state index is 13.4. The highest BCUT2D eigenvalue weighted by Gasteiger charge is 2.19. The van der Waals surface area contributed by atoms with Gasteiger partial charge in [0.05, 0.1) is 22.6 Å². The molecule has 0 aliphatic rings. The van der Waals surface area contributed by atoms with Crippen molar-refractivity contribution in [2.45, 2.75) is 24.9 Å². The molecule has 0 spiro atoms. The highest BCUT2D eigenvalue weighted by Crippen LogP contribution is 2.18. The number of nitrogens with one attached hydrogen (secondary N) is 2. The second-order valence-electron chi connectivity index (χ2n) is 4.34. The predicted octanol–water partition coefficient (Wildman–Crippen LogP) is 1.87. The first kappa shape index (κ1) is 16.0. The van der Waals surface area contributed by atoms with Crippen LogP contribution in [-0.2, 0) is 23.1 Å². The van der Waals surface area contributed by atoms with E-state index in [2.05, 4.69) is 15.0 Å². The average molecular weight is 329 g/mol. The molecule has 1 aromatic heterocycles. The van der Waals surface area contributed by atoms with Gasteiger partial charge in [-0.1, -0.05) is 13.0 Å². The van der Waals surface area contributed by atoms with Gasteiger partial charge in [0.25, 0.3) is 0 Å². The first-order chi connectivity index (χ1) is 10.0. The molecule has 0 saturated carbocycles. The lowest BCUT2D eigenvalue weighted by Gasteiger charge is -2.11. The zero-order valence-corrected chi connectivity index (χ0v) is 13.1. The quantitative estimate of drug-likeness (QED) is 0.813. The molecular weight excluding hydrogens is 313 g/mol. The number of hydrogen-bond donors (Lipinski definition) is 2. The van der Waals surface area contributed by atoms with Crippen molar-refractivity contribution in [2.75, 3.05) is 6.54 Å². The second-order valence-corrected chi connectivity index (χ2v) is 6.79. The maximum Gasteiger partial charge on any atom is 0.241 e. The van der Waals surface area contributed by atoms with Crippen LogP contribution in [0, 0.1) is 5.82 Å². The smallest absolute Gasteiger partial charge is 0.241 e. The van der Waals surface area contributed by atoms with Crippen LogP contribution in [0.4, 0.5) is 4.39 Å². The minimum atomic E-state index is -3.79. The lowest BCUT2D eigenvalue weighted by atomic mass is 10.2. The van der Waals surface area contributed by atoms with E-state index in [0.717, 1.165) is 6.07 Å². The van der Waals surface area contributed by atoms with E-state index in [1.165, 1.54) is 23.5 Å². The number of nitrogens with zero attached hydrogens (tertiary/aromatic N) is 1. The van der Waals surface area contributed by atoms with Crippen LogP contribution in [0.2, 0.25) is 0 Å². The molecule has 8 heteroatoms. The Morgan fingerprint density at radius 1 is 1.33 bits per heavy atom. The van der Waals surface area contributed by atoms with E-state index < -0.39 is 15.8 Å². The summed E-state index contributed by atoms with van der Waals surface area (Å²) in [5.74, 6) is -0.579. The van der Waals surface area contributed by atoms with Crippen molar-refractivity contribution in [3.05, 3.63) is 46.2 Å². The lowest BCUT2D eigenvalue weighted by molar-refractivity contribution is 0.573. The highest BCUT2D eigenvalue weighted by atomic mass is 32.2. The summed E-state index contributed by atoms with van der Waals surface area (Å²) in [6, 6.07) is 3.78. The summed E-state index contributed by atoms with van der Waals surface area (Å²) < 4.78 is 40.5. The molecule has 2 rings (SSSR count). The fourth-order valence-corrected chi connectivity index (χ4v) is 3.56. The van der Waals surface area contributed by atoms with Gasteiger partial charge in [-0.05, 0) is 24.2 Å². The highest BCUT2D eigenvalue weighted by molar-refractivity contribution is 7.89. The maximum atomic E-state index is 13.4. The molecule has 0 atom stereocenters. The number of sulfonamides is 1. The SMILES string of the molecule is CCNCc1ccc(F)cc1S(=O)(=O)NCc1cscn1. The minimum Gasteiger partial charge on any atom is -0.313 e. The molecule has 0 fully saturated rings. The number of thiazole rings is 1. The Balaban J connectivity index is 2.23. The third kappa shape index (κ3) is 4.31. The third-order valence-corrected chi connectivity index (χ3v) is 4.93. The van der Waals surface area contributed by atoms with Gasteiger partial charge in [-0.15, -0.1) is 11.3 Å². The van der Waals surface area contributed by atoms with Gasteiger partial charge in [0.1, 0.15) is 5.82 Å². The summed E-state index contributed by atoms with van der Waals surface area (Å²) in [5, 5.41) is 4.80. The molecule has 0 radical (unpaired) electrons. The Kier molecular flexibility index (Phi) is 5.40. The van der Waals surface area contributed by atoms with E-state index in [0.29, 0.717) is 24.3 Å². The number of rotatable bonds is 7. The van der Waals surface area contributed by atoms with Gasteiger partial charge < -0.3 is 5.32 Å². The van der Waals surface area contributed by atoms with E-state index in [-0.39, 0.29) is 11.4 Å². The van der Waals surface area contributed by atoms with E-state index >= 15 is 0 Å². The van der Waals surface area contributed by atoms with Gasteiger partial charge in [-0.25, -0.2) is 22.5 Å². The topological polar surface area (TPSA) is 71.1 Å². The van der Waals surface area contributed by atoms with Gasteiger partial charge in [0, 0.05) is 11.9 Å². The first-order valence-electron chi connectivity index (χ1n) is 6.39. The van der Waals surface area contributed by atoms with Crippen molar-refractivity contribution in [1.29, 1.82) is 0 Å². The Bertz CT molecular complexity index is 687. The third-order valence-electron chi connectivity index (χ3n) is 2.81. The van der Waals surface area contributed by atoms with E-state index in [1.807, 2.05) is 6.92 Å². The molecule has 2 aromatic rings. The lowest BCUT2D eigenvalue weighted by Crippen LogP contribution is -2.26. The van der Waals surface area contributed by atoms with Gasteiger partial charge in [0.15, 0.2) is 0 Å². The van der Waals surface area contributed by atoms with Crippen LogP contribution in [0.3, 0.4) is 0 Å². The zero-order chi connectivity index (χ0) is 15.3. The Hall–Kier alpha value is -1.35. The van der Waals surface area contributed by atoms with Crippen molar-refractivity contribution < 1.29 is 12.8 Å². The number of aromatic nitrogens is 1. The van der Waals surface area contributed by atoms with Gasteiger partial charge in [0.2, 0.25) is 10.0 Å². The molecular formula is C13H16FN3O2S2. The molecule has 0 saturated heterocycles. The Morgan fingerprint density at radius 2 is 2.14 bits per heavy atom. The van der Waals surface area contributed by atoms with E-state index in [4.69, 9.17) is 0 Å². The van der Waals surface area contributed by atoms with E-state index in [1.54, 1.807) is 10.9 Å². The first-order valence-corrected chi connectivity index (χ1v) is 8.81. The summed E-state index contributed by atoms with van der Waals surface area (Å²) in [7, 11) is -3.79. The monoisotopic (exact) mass is 329 g/mol. The minimum absolute atomic E-state index is 0.0429. The molecule has 5 nitrogen and oxygen atoms in total. The van der Waals surface area contributed by atoms with Gasteiger partial charge in [-0.2, -0.15) is 0 Å². The molecule has 1 aromatic carbocycles. The fourth-order valence-electron chi connectivity index (χ4n) is 1.76. The molecule has 2 N–H and O–H groups in total. The zero-order valence-electron chi connectivity index (χ0n) is 11.5. The largest absolute Gasteiger partial charge is 0.313 e. The van der Waals surface area contributed by atoms with Crippen molar-refractivity contribution >= 4 is 21.4 Å². The van der Waals surface area contributed by atoms with Crippen molar-refractivity contribution in [2.24, 2.45) is 0 Å². The van der Waals surface area contributed by atoms with Crippen LogP contribution >= 0.6 is 11.3 Å². The molecule has 21 heavy (non-hydrogen) atoms. The molecule has 0 bridgehead atoms. The molecule has 0 aliphatic heterocycles. The van der Waals surface area contributed by atoms with Gasteiger partial charge >= 0.3 is 0 Å². The van der Waals surface area contributed by atoms with E-state index in [9.17, 15) is 12.8 Å². The number of hydrogen-bond acceptors (Lipinski definition) is 5. The summed E-state index contributed by atoms with van der Waals surface area (Å²) in [5.41, 5.74) is 2.79. The summed E-state index contributed by atoms with van der Waals surface area (Å²) in [4.78, 5) is 3.96. The van der Waals surface area contributed by atoms with Crippen molar-refractivity contribution in [1.82, 2.24) is 15.0 Å². The predicted molar refractivity (Wildman–Crippen MR) is 79.9 cm³/mol. The summed E-state index contributed by atoms with van der Waals surface area (Å²) in [6.07, 6.45) is 0. The summed E-state index contributed by atoms with van der Waals surface area (Å²) >= 11 is 1.39. The molecule has 114 valence electrons. The van der Waals surface area contributed by atoms with Crippen molar-refractivity contribution in [3.63, 3.8) is 0 Å². The van der Waals surface area contributed by atoms with Crippen LogP contribution in [0.25, 0.3) is 0 Å². The summed E-state index contributed by atoms with van der Waals surface area (Å²) in [6.45, 7) is 3.06. The normalized spacial score (nSPS) is 11.7. The average Bonchev–Trinajstić information content (AvgIpc) is 2.97. The molecule has 1 heterocycles. The van der Waals surface area contributed by atoms with Crippen LogP contribution in [0.15, 0.2) is 34.0 Å². The van der Waals surface area contributed by atoms with Crippen LogP contribution in [0.5, 0.6) is 0 Å². The number of halogens is 1. The second kappa shape index (κ2) is 7.08. The molecule has 0 unspecified atom stereocenters. The van der Waals surface area contributed by atoms with Crippen LogP contribution in [-0.4, -0.2) is 19.9 Å². The fraction of sp³-hybridized carbons (Fsp3) is 0.308. The van der Waals surface area contributed by atoms with Crippen LogP contribution < -0.4 is 10.0 Å². The molecule has 0 amide bonds. The van der Waals surface area contributed by atoms with Crippen LogP contribution in [0.1, 0.15) is 18.2 Å².